The van der Waals surface area contributed by atoms with Gasteiger partial charge in [-0.1, -0.05) is 17.3 Å². The van der Waals surface area contributed by atoms with E-state index in [0.717, 1.165) is 37.2 Å². The zero-order chi connectivity index (χ0) is 16.9. The molecule has 1 saturated heterocycles. The number of amides is 1. The van der Waals surface area contributed by atoms with E-state index in [1.54, 1.807) is 13.3 Å². The molecule has 3 rings (SSSR count). The zero-order valence-electron chi connectivity index (χ0n) is 14.0. The average molecular weight is 329 g/mol. The van der Waals surface area contributed by atoms with Crippen molar-refractivity contribution in [3.63, 3.8) is 0 Å². The molecule has 128 valence electrons. The predicted molar refractivity (Wildman–Crippen MR) is 90.0 cm³/mol. The summed E-state index contributed by atoms with van der Waals surface area (Å²) in [5, 5.41) is 14.4. The third kappa shape index (κ3) is 3.73. The van der Waals surface area contributed by atoms with Gasteiger partial charge in [0.05, 0.1) is 25.4 Å². The topological polar surface area (TPSA) is 81.1 Å². The van der Waals surface area contributed by atoms with E-state index >= 15 is 0 Å². The SMILES string of the molecule is COc1ccc(C(C)NC(=O)c2cn(C3CCNCC3)nn2)cc1. The molecule has 7 heteroatoms. The molecule has 24 heavy (non-hydrogen) atoms. The van der Waals surface area contributed by atoms with Crippen molar-refractivity contribution in [2.75, 3.05) is 20.2 Å². The van der Waals surface area contributed by atoms with Crippen LogP contribution in [0.25, 0.3) is 0 Å². The first-order valence-corrected chi connectivity index (χ1v) is 8.24. The molecule has 1 fully saturated rings. The Labute approximate surface area is 141 Å². The number of rotatable bonds is 5. The molecule has 7 nitrogen and oxygen atoms in total. The van der Waals surface area contributed by atoms with E-state index in [1.165, 1.54) is 0 Å². The van der Waals surface area contributed by atoms with Gasteiger partial charge < -0.3 is 15.4 Å². The summed E-state index contributed by atoms with van der Waals surface area (Å²) in [7, 11) is 1.63. The lowest BCUT2D eigenvalue weighted by Gasteiger charge is -2.22. The fourth-order valence-corrected chi connectivity index (χ4v) is 2.88. The zero-order valence-corrected chi connectivity index (χ0v) is 14.0. The van der Waals surface area contributed by atoms with E-state index in [4.69, 9.17) is 4.74 Å². The van der Waals surface area contributed by atoms with Crippen molar-refractivity contribution in [3.8, 4) is 5.75 Å². The number of nitrogens with one attached hydrogen (secondary N) is 2. The molecule has 1 unspecified atom stereocenters. The second-order valence-corrected chi connectivity index (χ2v) is 6.03. The Morgan fingerprint density at radius 1 is 1.33 bits per heavy atom. The Morgan fingerprint density at radius 2 is 2.04 bits per heavy atom. The second kappa shape index (κ2) is 7.44. The minimum Gasteiger partial charge on any atom is -0.497 e. The summed E-state index contributed by atoms with van der Waals surface area (Å²) in [4.78, 5) is 12.4. The van der Waals surface area contributed by atoms with Crippen LogP contribution in [0.15, 0.2) is 30.5 Å². The molecule has 2 N–H and O–H groups in total. The van der Waals surface area contributed by atoms with Crippen LogP contribution < -0.4 is 15.4 Å². The van der Waals surface area contributed by atoms with Crippen LogP contribution in [-0.2, 0) is 0 Å². The molecule has 1 amide bonds. The Bertz CT molecular complexity index is 677. The first kappa shape index (κ1) is 16.4. The van der Waals surface area contributed by atoms with Crippen LogP contribution in [0, 0.1) is 0 Å². The molecule has 1 aromatic carbocycles. The largest absolute Gasteiger partial charge is 0.497 e. The van der Waals surface area contributed by atoms with Gasteiger partial charge in [0.25, 0.3) is 5.91 Å². The van der Waals surface area contributed by atoms with E-state index < -0.39 is 0 Å². The van der Waals surface area contributed by atoms with Crippen LogP contribution in [0.1, 0.15) is 47.9 Å². The molecule has 0 bridgehead atoms. The van der Waals surface area contributed by atoms with Gasteiger partial charge in [-0.25, -0.2) is 4.68 Å². The van der Waals surface area contributed by atoms with Crippen molar-refractivity contribution in [3.05, 3.63) is 41.7 Å². The van der Waals surface area contributed by atoms with Crippen LogP contribution >= 0.6 is 0 Å². The molecule has 1 atom stereocenters. The summed E-state index contributed by atoms with van der Waals surface area (Å²) >= 11 is 0. The lowest BCUT2D eigenvalue weighted by Crippen LogP contribution is -2.29. The lowest BCUT2D eigenvalue weighted by molar-refractivity contribution is 0.0934. The van der Waals surface area contributed by atoms with Gasteiger partial charge in [0.15, 0.2) is 5.69 Å². The van der Waals surface area contributed by atoms with Crippen molar-refractivity contribution < 1.29 is 9.53 Å². The van der Waals surface area contributed by atoms with E-state index in [1.807, 2.05) is 35.9 Å². The normalized spacial score (nSPS) is 16.6. The van der Waals surface area contributed by atoms with E-state index in [0.29, 0.717) is 11.7 Å². The van der Waals surface area contributed by atoms with Crippen molar-refractivity contribution >= 4 is 5.91 Å². The Balaban J connectivity index is 1.62. The van der Waals surface area contributed by atoms with Crippen LogP contribution in [-0.4, -0.2) is 41.1 Å². The summed E-state index contributed by atoms with van der Waals surface area (Å²) in [5.74, 6) is 0.584. The molecular formula is C17H23N5O2. The van der Waals surface area contributed by atoms with E-state index in [9.17, 15) is 4.79 Å². The number of methoxy groups -OCH3 is 1. The van der Waals surface area contributed by atoms with Gasteiger partial charge in [-0.3, -0.25) is 4.79 Å². The van der Waals surface area contributed by atoms with Gasteiger partial charge in [-0.05, 0) is 50.6 Å². The first-order valence-electron chi connectivity index (χ1n) is 8.24. The van der Waals surface area contributed by atoms with Crippen LogP contribution in [0.4, 0.5) is 0 Å². The maximum Gasteiger partial charge on any atom is 0.273 e. The first-order chi connectivity index (χ1) is 11.7. The highest BCUT2D eigenvalue weighted by molar-refractivity contribution is 5.92. The van der Waals surface area contributed by atoms with Gasteiger partial charge in [0.1, 0.15) is 5.75 Å². The summed E-state index contributed by atoms with van der Waals surface area (Å²) in [6.45, 7) is 3.89. The maximum atomic E-state index is 12.4. The molecule has 0 saturated carbocycles. The monoisotopic (exact) mass is 329 g/mol. The van der Waals surface area contributed by atoms with Gasteiger partial charge in [-0.2, -0.15) is 0 Å². The quantitative estimate of drug-likeness (QED) is 0.873. The molecule has 0 spiro atoms. The number of aromatic nitrogens is 3. The fraction of sp³-hybridized carbons (Fsp3) is 0.471. The molecule has 1 aliphatic heterocycles. The molecular weight excluding hydrogens is 306 g/mol. The number of nitrogens with zero attached hydrogens (tertiary/aromatic N) is 3. The molecule has 0 aliphatic carbocycles. The van der Waals surface area contributed by atoms with Gasteiger partial charge in [0, 0.05) is 0 Å². The number of carbonyl (C=O) groups is 1. The highest BCUT2D eigenvalue weighted by Crippen LogP contribution is 2.19. The number of ether oxygens (including phenoxy) is 1. The van der Waals surface area contributed by atoms with Crippen LogP contribution in [0.2, 0.25) is 0 Å². The van der Waals surface area contributed by atoms with Crippen molar-refractivity contribution in [1.82, 2.24) is 25.6 Å². The van der Waals surface area contributed by atoms with Gasteiger partial charge in [0.2, 0.25) is 0 Å². The van der Waals surface area contributed by atoms with Crippen molar-refractivity contribution in [2.45, 2.75) is 31.8 Å². The number of hydrogen-bond donors (Lipinski definition) is 2. The van der Waals surface area contributed by atoms with Crippen molar-refractivity contribution in [2.24, 2.45) is 0 Å². The minimum absolute atomic E-state index is 0.118. The highest BCUT2D eigenvalue weighted by atomic mass is 16.5. The van der Waals surface area contributed by atoms with E-state index in [2.05, 4.69) is 20.9 Å². The van der Waals surface area contributed by atoms with Gasteiger partial charge >= 0.3 is 0 Å². The lowest BCUT2D eigenvalue weighted by atomic mass is 10.1. The smallest absolute Gasteiger partial charge is 0.273 e. The van der Waals surface area contributed by atoms with Crippen LogP contribution in [0.3, 0.4) is 0 Å². The molecule has 0 radical (unpaired) electrons. The van der Waals surface area contributed by atoms with Gasteiger partial charge in [-0.15, -0.1) is 5.10 Å². The maximum absolute atomic E-state index is 12.4. The fourth-order valence-electron chi connectivity index (χ4n) is 2.88. The second-order valence-electron chi connectivity index (χ2n) is 6.03. The summed E-state index contributed by atoms with van der Waals surface area (Å²) < 4.78 is 6.96. The Hall–Kier alpha value is -2.41. The average Bonchev–Trinajstić information content (AvgIpc) is 3.13. The predicted octanol–water partition coefficient (Wildman–Crippen LogP) is 1.70. The Morgan fingerprint density at radius 3 is 2.71 bits per heavy atom. The molecule has 1 aromatic heterocycles. The van der Waals surface area contributed by atoms with Crippen molar-refractivity contribution in [1.29, 1.82) is 0 Å². The summed E-state index contributed by atoms with van der Waals surface area (Å²) in [5.41, 5.74) is 1.36. The third-order valence-electron chi connectivity index (χ3n) is 4.39. The molecule has 2 aromatic rings. The van der Waals surface area contributed by atoms with E-state index in [-0.39, 0.29) is 11.9 Å². The molecule has 1 aliphatic rings. The van der Waals surface area contributed by atoms with Crippen LogP contribution in [0.5, 0.6) is 5.75 Å². The number of carbonyl (C=O) groups excluding carboxylic acids is 1. The molecule has 2 heterocycles. The Kier molecular flexibility index (Phi) is 5.10. The standard InChI is InChI=1S/C17H23N5O2/c1-12(13-3-5-15(24-2)6-4-13)19-17(23)16-11-22(21-20-16)14-7-9-18-10-8-14/h3-6,11-12,14,18H,7-10H2,1-2H3,(H,19,23). The highest BCUT2D eigenvalue weighted by Gasteiger charge is 2.19. The third-order valence-corrected chi connectivity index (χ3v) is 4.39. The summed E-state index contributed by atoms with van der Waals surface area (Å²) in [6.07, 6.45) is 3.76. The number of benzene rings is 1. The number of hydrogen-bond acceptors (Lipinski definition) is 5. The summed E-state index contributed by atoms with van der Waals surface area (Å²) in [6, 6.07) is 7.84. The minimum atomic E-state index is -0.210. The number of piperidine rings is 1.